The van der Waals surface area contributed by atoms with Gasteiger partial charge in [-0.1, -0.05) is 12.1 Å². The van der Waals surface area contributed by atoms with Gasteiger partial charge in [-0.05, 0) is 36.6 Å². The van der Waals surface area contributed by atoms with Crippen LogP contribution in [0.4, 0.5) is 16.2 Å². The minimum Gasteiger partial charge on any atom is -0.308 e. The zero-order valence-electron chi connectivity index (χ0n) is 11.2. The fraction of sp³-hybridized carbons (Fsp3) is 0.0714. The smallest absolute Gasteiger partial charge is 0.308 e. The number of nitrogens with zero attached hydrogens (tertiary/aromatic N) is 2. The van der Waals surface area contributed by atoms with Crippen LogP contribution in [0.15, 0.2) is 47.4 Å². The van der Waals surface area contributed by atoms with Gasteiger partial charge >= 0.3 is 6.03 Å². The number of urea groups is 1. The lowest BCUT2D eigenvalue weighted by Gasteiger charge is -2.10. The summed E-state index contributed by atoms with van der Waals surface area (Å²) in [5.41, 5.74) is 3.09. The van der Waals surface area contributed by atoms with E-state index in [-0.39, 0.29) is 6.03 Å². The highest BCUT2D eigenvalue weighted by atomic mass is 32.2. The van der Waals surface area contributed by atoms with Crippen molar-refractivity contribution in [3.05, 3.63) is 42.5 Å². The number of benzene rings is 2. The maximum Gasteiger partial charge on any atom is 0.323 e. The molecule has 7 heteroatoms. The van der Waals surface area contributed by atoms with Crippen LogP contribution in [-0.2, 0) is 0 Å². The molecule has 0 atom stereocenters. The summed E-state index contributed by atoms with van der Waals surface area (Å²) >= 11 is 2.74. The summed E-state index contributed by atoms with van der Waals surface area (Å²) < 4.78 is 8.28. The van der Waals surface area contributed by atoms with Gasteiger partial charge in [0.05, 0.1) is 17.4 Å². The molecule has 2 aromatic carbocycles. The van der Waals surface area contributed by atoms with E-state index in [0.29, 0.717) is 5.69 Å². The normalized spacial score (nSPS) is 10.5. The van der Waals surface area contributed by atoms with Gasteiger partial charge in [0.2, 0.25) is 0 Å². The molecule has 0 radical (unpaired) electrons. The number of rotatable bonds is 3. The van der Waals surface area contributed by atoms with Crippen LogP contribution < -0.4 is 10.6 Å². The third-order valence-electron chi connectivity index (χ3n) is 2.87. The van der Waals surface area contributed by atoms with Crippen LogP contribution >= 0.6 is 23.5 Å². The average Bonchev–Trinajstić information content (AvgIpc) is 2.95. The van der Waals surface area contributed by atoms with Crippen molar-refractivity contribution in [3.63, 3.8) is 0 Å². The van der Waals surface area contributed by atoms with Gasteiger partial charge in [0.25, 0.3) is 0 Å². The molecule has 2 amide bonds. The summed E-state index contributed by atoms with van der Waals surface area (Å²) in [6, 6.07) is 12.8. The van der Waals surface area contributed by atoms with Crippen LogP contribution in [0, 0.1) is 0 Å². The van der Waals surface area contributed by atoms with E-state index in [0.717, 1.165) is 33.3 Å². The van der Waals surface area contributed by atoms with Crippen LogP contribution in [0.1, 0.15) is 0 Å². The molecule has 3 rings (SSSR count). The van der Waals surface area contributed by atoms with E-state index in [1.165, 1.54) is 0 Å². The van der Waals surface area contributed by atoms with Gasteiger partial charge < -0.3 is 10.6 Å². The lowest BCUT2D eigenvalue weighted by molar-refractivity contribution is 0.262. The second-order valence-electron chi connectivity index (χ2n) is 4.25. The molecule has 106 valence electrons. The summed E-state index contributed by atoms with van der Waals surface area (Å²) in [5.74, 6) is 0. The molecule has 0 bridgehead atoms. The monoisotopic (exact) mass is 316 g/mol. The Kier molecular flexibility index (Phi) is 4.03. The molecule has 0 aliphatic carbocycles. The molecule has 0 fully saturated rings. The highest BCUT2D eigenvalue weighted by molar-refractivity contribution is 7.98. The number of nitrogens with one attached hydrogen (secondary N) is 2. The van der Waals surface area contributed by atoms with Gasteiger partial charge in [-0.25, -0.2) is 4.79 Å². The zero-order chi connectivity index (χ0) is 14.7. The van der Waals surface area contributed by atoms with E-state index < -0.39 is 0 Å². The standard InChI is InChI=1S/C14H12N4OS2/c1-20-13-5-3-2-4-11(13)16-14(19)15-9-6-7-10-12(8-9)18-21-17-10/h2-8H,1H3,(H2,15,16,19). The molecule has 0 saturated heterocycles. The van der Waals surface area contributed by atoms with Gasteiger partial charge in [-0.2, -0.15) is 8.75 Å². The Bertz CT molecular complexity index is 787. The quantitative estimate of drug-likeness (QED) is 0.715. The minimum absolute atomic E-state index is 0.279. The fourth-order valence-electron chi connectivity index (χ4n) is 1.89. The lowest BCUT2D eigenvalue weighted by atomic mass is 10.3. The molecule has 0 saturated carbocycles. The molecule has 0 aliphatic rings. The Morgan fingerprint density at radius 1 is 1.10 bits per heavy atom. The highest BCUT2D eigenvalue weighted by Crippen LogP contribution is 2.25. The second kappa shape index (κ2) is 6.11. The summed E-state index contributed by atoms with van der Waals surface area (Å²) in [6.45, 7) is 0. The van der Waals surface area contributed by atoms with Crippen molar-refractivity contribution in [2.24, 2.45) is 0 Å². The minimum atomic E-state index is -0.279. The first-order chi connectivity index (χ1) is 10.3. The molecule has 21 heavy (non-hydrogen) atoms. The van der Waals surface area contributed by atoms with Crippen molar-refractivity contribution in [1.29, 1.82) is 0 Å². The SMILES string of the molecule is CSc1ccccc1NC(=O)Nc1ccc2nsnc2c1. The number of hydrogen-bond donors (Lipinski definition) is 2. The molecule has 0 unspecified atom stereocenters. The summed E-state index contributed by atoms with van der Waals surface area (Å²) in [6.07, 6.45) is 1.97. The number of amides is 2. The Morgan fingerprint density at radius 2 is 1.90 bits per heavy atom. The number of hydrogen-bond acceptors (Lipinski definition) is 5. The molecule has 2 N–H and O–H groups in total. The van der Waals surface area contributed by atoms with E-state index in [2.05, 4.69) is 19.4 Å². The third kappa shape index (κ3) is 3.14. The average molecular weight is 316 g/mol. The van der Waals surface area contributed by atoms with Crippen molar-refractivity contribution in [3.8, 4) is 0 Å². The van der Waals surface area contributed by atoms with E-state index in [4.69, 9.17) is 0 Å². The molecule has 0 spiro atoms. The Balaban J connectivity index is 1.73. The van der Waals surface area contributed by atoms with Crippen LogP contribution in [0.5, 0.6) is 0 Å². The number of thioether (sulfide) groups is 1. The van der Waals surface area contributed by atoms with E-state index in [1.807, 2.05) is 42.7 Å². The Hall–Kier alpha value is -2.12. The molecule has 1 aromatic heterocycles. The van der Waals surface area contributed by atoms with Gasteiger partial charge in [-0.15, -0.1) is 11.8 Å². The largest absolute Gasteiger partial charge is 0.323 e. The van der Waals surface area contributed by atoms with Crippen LogP contribution in [0.25, 0.3) is 11.0 Å². The maximum absolute atomic E-state index is 12.1. The number of carbonyl (C=O) groups is 1. The maximum atomic E-state index is 12.1. The van der Waals surface area contributed by atoms with E-state index >= 15 is 0 Å². The van der Waals surface area contributed by atoms with Crippen LogP contribution in [-0.4, -0.2) is 21.0 Å². The van der Waals surface area contributed by atoms with Crippen molar-refractivity contribution in [2.75, 3.05) is 16.9 Å². The van der Waals surface area contributed by atoms with Crippen LogP contribution in [0.3, 0.4) is 0 Å². The van der Waals surface area contributed by atoms with Crippen molar-refractivity contribution >= 4 is 51.9 Å². The first-order valence-corrected chi connectivity index (χ1v) is 8.15. The Labute approximate surface area is 130 Å². The van der Waals surface area contributed by atoms with Gasteiger partial charge in [0.15, 0.2) is 0 Å². The van der Waals surface area contributed by atoms with Crippen molar-refractivity contribution in [1.82, 2.24) is 8.75 Å². The summed E-state index contributed by atoms with van der Waals surface area (Å²) in [4.78, 5) is 13.1. The molecule has 3 aromatic rings. The lowest BCUT2D eigenvalue weighted by Crippen LogP contribution is -2.19. The van der Waals surface area contributed by atoms with Crippen molar-refractivity contribution < 1.29 is 4.79 Å². The predicted octanol–water partition coefficient (Wildman–Crippen LogP) is 4.06. The molecule has 1 heterocycles. The first kappa shape index (κ1) is 13.8. The number of para-hydroxylation sites is 1. The number of aromatic nitrogens is 2. The number of carbonyl (C=O) groups excluding carboxylic acids is 1. The van der Waals surface area contributed by atoms with Gasteiger partial charge in [0.1, 0.15) is 11.0 Å². The topological polar surface area (TPSA) is 66.9 Å². The highest BCUT2D eigenvalue weighted by Gasteiger charge is 2.07. The zero-order valence-corrected chi connectivity index (χ0v) is 12.8. The van der Waals surface area contributed by atoms with Gasteiger partial charge in [-0.3, -0.25) is 0 Å². The Morgan fingerprint density at radius 3 is 2.76 bits per heavy atom. The molecule has 5 nitrogen and oxygen atoms in total. The fourth-order valence-corrected chi connectivity index (χ4v) is 2.96. The van der Waals surface area contributed by atoms with Crippen LogP contribution in [0.2, 0.25) is 0 Å². The summed E-state index contributed by atoms with van der Waals surface area (Å²) in [5, 5.41) is 5.65. The first-order valence-electron chi connectivity index (χ1n) is 6.19. The molecular formula is C14H12N4OS2. The van der Waals surface area contributed by atoms with Gasteiger partial charge in [0, 0.05) is 10.6 Å². The van der Waals surface area contributed by atoms with E-state index in [1.54, 1.807) is 17.8 Å². The number of anilines is 2. The predicted molar refractivity (Wildman–Crippen MR) is 88.3 cm³/mol. The third-order valence-corrected chi connectivity index (χ3v) is 4.22. The molecular weight excluding hydrogens is 304 g/mol. The molecule has 0 aliphatic heterocycles. The summed E-state index contributed by atoms with van der Waals surface area (Å²) in [7, 11) is 0. The van der Waals surface area contributed by atoms with Crippen molar-refractivity contribution in [2.45, 2.75) is 4.90 Å². The second-order valence-corrected chi connectivity index (χ2v) is 5.62. The number of fused-ring (bicyclic) bond motifs is 1. The van der Waals surface area contributed by atoms with E-state index in [9.17, 15) is 4.79 Å².